The van der Waals surface area contributed by atoms with Crippen molar-refractivity contribution in [3.05, 3.63) is 34.3 Å². The Kier molecular flexibility index (Phi) is 3.24. The van der Waals surface area contributed by atoms with Crippen LogP contribution >= 0.6 is 15.9 Å². The zero-order chi connectivity index (χ0) is 11.7. The van der Waals surface area contributed by atoms with E-state index < -0.39 is 0 Å². The predicted molar refractivity (Wildman–Crippen MR) is 72.3 cm³/mol. The van der Waals surface area contributed by atoms with Crippen LogP contribution in [-0.4, -0.2) is 25.8 Å². The number of rotatable bonds is 3. The quantitative estimate of drug-likeness (QED) is 0.926. The first kappa shape index (κ1) is 11.7. The Labute approximate surface area is 111 Å². The van der Waals surface area contributed by atoms with Gasteiger partial charge in [0.2, 0.25) is 0 Å². The van der Waals surface area contributed by atoms with Crippen molar-refractivity contribution in [1.82, 2.24) is 5.32 Å². The Bertz CT molecular complexity index is 380. The lowest BCUT2D eigenvalue weighted by Gasteiger charge is -2.44. The summed E-state index contributed by atoms with van der Waals surface area (Å²) in [5, 5.41) is 3.42. The molecule has 2 heterocycles. The van der Waals surface area contributed by atoms with Crippen molar-refractivity contribution in [2.75, 3.05) is 19.7 Å². The summed E-state index contributed by atoms with van der Waals surface area (Å²) in [5.74, 6) is 0. The monoisotopic (exact) mass is 295 g/mol. The maximum absolute atomic E-state index is 5.79. The van der Waals surface area contributed by atoms with Gasteiger partial charge in [0.1, 0.15) is 0 Å². The molecule has 0 amide bonds. The van der Waals surface area contributed by atoms with E-state index >= 15 is 0 Å². The van der Waals surface area contributed by atoms with Crippen LogP contribution in [-0.2, 0) is 10.2 Å². The number of halogens is 1. The van der Waals surface area contributed by atoms with Crippen molar-refractivity contribution < 1.29 is 4.74 Å². The molecule has 1 N–H and O–H groups in total. The van der Waals surface area contributed by atoms with Gasteiger partial charge in [-0.3, -0.25) is 0 Å². The van der Waals surface area contributed by atoms with Crippen molar-refractivity contribution in [2.24, 2.45) is 0 Å². The highest BCUT2D eigenvalue weighted by Gasteiger charge is 2.41. The summed E-state index contributed by atoms with van der Waals surface area (Å²) in [7, 11) is 0. The van der Waals surface area contributed by atoms with E-state index in [1.165, 1.54) is 24.8 Å². The molecule has 1 aromatic rings. The van der Waals surface area contributed by atoms with E-state index in [1.807, 2.05) is 0 Å². The molecule has 2 fully saturated rings. The third-order valence-corrected chi connectivity index (χ3v) is 4.55. The van der Waals surface area contributed by atoms with E-state index in [9.17, 15) is 0 Å². The number of hydrogen-bond acceptors (Lipinski definition) is 2. The molecule has 1 unspecified atom stereocenters. The predicted octanol–water partition coefficient (Wildman–Crippen LogP) is 2.86. The zero-order valence-corrected chi connectivity index (χ0v) is 11.5. The Morgan fingerprint density at radius 3 is 2.59 bits per heavy atom. The van der Waals surface area contributed by atoms with Gasteiger partial charge in [0.15, 0.2) is 0 Å². The number of hydrogen-bond donors (Lipinski definition) is 1. The molecular formula is C14H18BrNO. The van der Waals surface area contributed by atoms with Crippen LogP contribution in [0.2, 0.25) is 0 Å². The molecule has 0 aromatic heterocycles. The summed E-state index contributed by atoms with van der Waals surface area (Å²) in [4.78, 5) is 0. The van der Waals surface area contributed by atoms with Crippen LogP contribution in [0.25, 0.3) is 0 Å². The Balaban J connectivity index is 1.78. The van der Waals surface area contributed by atoms with Crippen molar-refractivity contribution in [1.29, 1.82) is 0 Å². The molecule has 2 aliphatic heterocycles. The van der Waals surface area contributed by atoms with Gasteiger partial charge in [-0.2, -0.15) is 0 Å². The SMILES string of the molecule is Brc1ccc(C2(CC3CCCO3)CNC2)cc1. The second-order valence-electron chi connectivity index (χ2n) is 5.23. The third kappa shape index (κ3) is 2.28. The molecule has 1 aromatic carbocycles. The van der Waals surface area contributed by atoms with Crippen LogP contribution < -0.4 is 5.32 Å². The van der Waals surface area contributed by atoms with E-state index in [2.05, 4.69) is 45.5 Å². The van der Waals surface area contributed by atoms with Crippen LogP contribution in [0, 0.1) is 0 Å². The van der Waals surface area contributed by atoms with Gasteiger partial charge in [-0.25, -0.2) is 0 Å². The van der Waals surface area contributed by atoms with Crippen molar-refractivity contribution in [3.63, 3.8) is 0 Å². The van der Waals surface area contributed by atoms with Gasteiger partial charge in [-0.15, -0.1) is 0 Å². The van der Waals surface area contributed by atoms with Gasteiger partial charge in [-0.1, -0.05) is 28.1 Å². The average Bonchev–Trinajstić information content (AvgIpc) is 2.77. The highest BCUT2D eigenvalue weighted by molar-refractivity contribution is 9.10. The van der Waals surface area contributed by atoms with Crippen molar-refractivity contribution >= 4 is 15.9 Å². The van der Waals surface area contributed by atoms with E-state index in [4.69, 9.17) is 4.74 Å². The molecule has 92 valence electrons. The normalized spacial score (nSPS) is 26.8. The lowest BCUT2D eigenvalue weighted by Crippen LogP contribution is -2.58. The van der Waals surface area contributed by atoms with Gasteiger partial charge in [0.05, 0.1) is 6.10 Å². The molecule has 1 atom stereocenters. The Hall–Kier alpha value is -0.380. The average molecular weight is 296 g/mol. The van der Waals surface area contributed by atoms with Gasteiger partial charge in [0, 0.05) is 29.6 Å². The van der Waals surface area contributed by atoms with E-state index in [1.54, 1.807) is 0 Å². The fraction of sp³-hybridized carbons (Fsp3) is 0.571. The highest BCUT2D eigenvalue weighted by atomic mass is 79.9. The molecule has 0 bridgehead atoms. The molecule has 2 nitrogen and oxygen atoms in total. The summed E-state index contributed by atoms with van der Waals surface area (Å²) in [6.45, 7) is 3.14. The summed E-state index contributed by atoms with van der Waals surface area (Å²) in [5.41, 5.74) is 1.77. The van der Waals surface area contributed by atoms with E-state index in [-0.39, 0.29) is 0 Å². The van der Waals surface area contributed by atoms with Crippen LogP contribution in [0.4, 0.5) is 0 Å². The summed E-state index contributed by atoms with van der Waals surface area (Å²) in [6, 6.07) is 8.79. The molecule has 0 saturated carbocycles. The molecule has 0 aliphatic carbocycles. The van der Waals surface area contributed by atoms with Crippen molar-refractivity contribution in [3.8, 4) is 0 Å². The maximum atomic E-state index is 5.79. The second kappa shape index (κ2) is 4.71. The Morgan fingerprint density at radius 2 is 2.06 bits per heavy atom. The van der Waals surface area contributed by atoms with Gasteiger partial charge >= 0.3 is 0 Å². The number of benzene rings is 1. The first-order valence-electron chi connectivity index (χ1n) is 6.37. The Morgan fingerprint density at radius 1 is 1.29 bits per heavy atom. The summed E-state index contributed by atoms with van der Waals surface area (Å²) < 4.78 is 6.95. The summed E-state index contributed by atoms with van der Waals surface area (Å²) >= 11 is 3.50. The minimum atomic E-state index is 0.315. The first-order valence-corrected chi connectivity index (χ1v) is 7.16. The highest BCUT2D eigenvalue weighted by Crippen LogP contribution is 2.36. The van der Waals surface area contributed by atoms with Crippen LogP contribution in [0.5, 0.6) is 0 Å². The molecule has 3 heteroatoms. The largest absolute Gasteiger partial charge is 0.378 e. The minimum absolute atomic E-state index is 0.315. The number of ether oxygens (including phenoxy) is 1. The number of nitrogens with one attached hydrogen (secondary N) is 1. The maximum Gasteiger partial charge on any atom is 0.0585 e. The first-order chi connectivity index (χ1) is 8.28. The van der Waals surface area contributed by atoms with E-state index in [0.717, 1.165) is 24.2 Å². The smallest absolute Gasteiger partial charge is 0.0585 e. The summed E-state index contributed by atoms with van der Waals surface area (Å²) in [6.07, 6.45) is 4.11. The zero-order valence-electron chi connectivity index (χ0n) is 9.92. The molecule has 17 heavy (non-hydrogen) atoms. The van der Waals surface area contributed by atoms with Crippen LogP contribution in [0.3, 0.4) is 0 Å². The van der Waals surface area contributed by atoms with E-state index in [0.29, 0.717) is 11.5 Å². The molecule has 0 radical (unpaired) electrons. The van der Waals surface area contributed by atoms with Crippen molar-refractivity contribution in [2.45, 2.75) is 30.8 Å². The molecule has 2 aliphatic rings. The molecule has 3 rings (SSSR count). The third-order valence-electron chi connectivity index (χ3n) is 4.03. The molecular weight excluding hydrogens is 278 g/mol. The lowest BCUT2D eigenvalue weighted by atomic mass is 9.71. The van der Waals surface area contributed by atoms with Gasteiger partial charge < -0.3 is 10.1 Å². The fourth-order valence-electron chi connectivity index (χ4n) is 2.94. The topological polar surface area (TPSA) is 21.3 Å². The standard InChI is InChI=1S/C14H18BrNO/c15-12-5-3-11(4-6-12)14(9-16-10-14)8-13-2-1-7-17-13/h3-6,13,16H,1-2,7-10H2. The van der Waals surface area contributed by atoms with Crippen LogP contribution in [0.15, 0.2) is 28.7 Å². The molecule has 2 saturated heterocycles. The minimum Gasteiger partial charge on any atom is -0.378 e. The van der Waals surface area contributed by atoms with Gasteiger partial charge in [0.25, 0.3) is 0 Å². The second-order valence-corrected chi connectivity index (χ2v) is 6.15. The van der Waals surface area contributed by atoms with Crippen LogP contribution in [0.1, 0.15) is 24.8 Å². The molecule has 0 spiro atoms. The lowest BCUT2D eigenvalue weighted by molar-refractivity contribution is 0.0681. The van der Waals surface area contributed by atoms with Gasteiger partial charge in [-0.05, 0) is 37.0 Å². The fourth-order valence-corrected chi connectivity index (χ4v) is 3.20.